The summed E-state index contributed by atoms with van der Waals surface area (Å²) in [6.45, 7) is 8.52. The first-order valence-corrected chi connectivity index (χ1v) is 10.4. The van der Waals surface area contributed by atoms with Crippen LogP contribution in [0.2, 0.25) is 0 Å². The van der Waals surface area contributed by atoms with E-state index in [4.69, 9.17) is 4.74 Å². The van der Waals surface area contributed by atoms with Crippen LogP contribution in [0.3, 0.4) is 0 Å². The lowest BCUT2D eigenvalue weighted by Gasteiger charge is -2.58. The average Bonchev–Trinajstić information content (AvgIpc) is 2.95. The zero-order chi connectivity index (χ0) is 19.2. The third-order valence-electron chi connectivity index (χ3n) is 8.23. The number of hydrogen-bond acceptors (Lipinski definition) is 3. The maximum atomic E-state index is 12.6. The van der Waals surface area contributed by atoms with Gasteiger partial charge in [0.1, 0.15) is 12.4 Å². The Bertz CT molecular complexity index is 766. The van der Waals surface area contributed by atoms with Crippen LogP contribution >= 0.6 is 0 Å². The second-order valence-corrected chi connectivity index (χ2v) is 9.34. The zero-order valence-corrected chi connectivity index (χ0v) is 16.6. The Hall–Kier alpha value is -1.66. The predicted octanol–water partition coefficient (Wildman–Crippen LogP) is 4.27. The lowest BCUT2D eigenvalue weighted by atomic mass is 9.47. The Morgan fingerprint density at radius 1 is 1.19 bits per heavy atom. The van der Waals surface area contributed by atoms with E-state index >= 15 is 0 Å². The molecule has 4 aliphatic rings. The number of hydrogen-bond donors (Lipinski definition) is 0. The van der Waals surface area contributed by atoms with Crippen molar-refractivity contribution in [3.05, 3.63) is 24.3 Å². The van der Waals surface area contributed by atoms with Gasteiger partial charge in [-0.3, -0.25) is 9.59 Å². The van der Waals surface area contributed by atoms with Gasteiger partial charge in [0.15, 0.2) is 5.78 Å². The summed E-state index contributed by atoms with van der Waals surface area (Å²) in [4.78, 5) is 24.8. The van der Waals surface area contributed by atoms with E-state index in [9.17, 15) is 9.59 Å². The molecule has 0 aliphatic heterocycles. The molecule has 6 atom stereocenters. The quantitative estimate of drug-likeness (QED) is 0.686. The van der Waals surface area contributed by atoms with Gasteiger partial charge in [0.05, 0.1) is 6.10 Å². The van der Waals surface area contributed by atoms with Gasteiger partial charge in [-0.2, -0.15) is 0 Å². The molecule has 0 amide bonds. The van der Waals surface area contributed by atoms with E-state index in [1.807, 2.05) is 6.08 Å². The number of ketones is 2. The zero-order valence-electron chi connectivity index (χ0n) is 16.6. The standard InChI is InChI=1S/C24H30O3/c1-4-5-6-13-27-21-15-17-18-7-8-22(26)24(18,3)12-10-19(17)23(2)11-9-16(25)14-20(21)23/h4,14,17-19,21H,1,7-13,15H2,2-3H3. The lowest BCUT2D eigenvalue weighted by Crippen LogP contribution is -2.54. The predicted molar refractivity (Wildman–Crippen MR) is 105 cm³/mol. The summed E-state index contributed by atoms with van der Waals surface area (Å²) in [7, 11) is 0. The Morgan fingerprint density at radius 3 is 2.74 bits per heavy atom. The number of fused-ring (bicyclic) bond motifs is 5. The molecule has 6 unspecified atom stereocenters. The van der Waals surface area contributed by atoms with Gasteiger partial charge in [-0.25, -0.2) is 0 Å². The van der Waals surface area contributed by atoms with E-state index in [-0.39, 0.29) is 22.7 Å². The molecule has 3 heteroatoms. The molecule has 27 heavy (non-hydrogen) atoms. The fourth-order valence-corrected chi connectivity index (χ4v) is 6.76. The van der Waals surface area contributed by atoms with E-state index in [1.54, 1.807) is 6.08 Å². The second-order valence-electron chi connectivity index (χ2n) is 9.34. The van der Waals surface area contributed by atoms with Crippen molar-refractivity contribution in [2.45, 2.75) is 64.9 Å². The molecule has 3 fully saturated rings. The largest absolute Gasteiger partial charge is 0.361 e. The number of carbonyl (C=O) groups excluding carboxylic acids is 2. The SMILES string of the molecule is C=CC#CCOC1CC2C3CCC(=O)C3(C)CCC2C2(C)CCC(=O)C=C12. The molecule has 3 nitrogen and oxygen atoms in total. The molecule has 4 rings (SSSR count). The summed E-state index contributed by atoms with van der Waals surface area (Å²) in [5.41, 5.74) is 1.06. The van der Waals surface area contributed by atoms with Gasteiger partial charge in [-0.05, 0) is 73.0 Å². The van der Waals surface area contributed by atoms with Crippen molar-refractivity contribution in [1.82, 2.24) is 0 Å². The van der Waals surface area contributed by atoms with Crippen LogP contribution in [-0.2, 0) is 14.3 Å². The van der Waals surface area contributed by atoms with E-state index in [2.05, 4.69) is 32.3 Å². The summed E-state index contributed by atoms with van der Waals surface area (Å²) in [5.74, 6) is 8.03. The van der Waals surface area contributed by atoms with Crippen molar-refractivity contribution >= 4 is 11.6 Å². The summed E-state index contributed by atoms with van der Waals surface area (Å²) in [5, 5.41) is 0. The summed E-state index contributed by atoms with van der Waals surface area (Å²) < 4.78 is 6.20. The first-order valence-electron chi connectivity index (χ1n) is 10.4. The van der Waals surface area contributed by atoms with E-state index in [0.717, 1.165) is 38.5 Å². The lowest BCUT2D eigenvalue weighted by molar-refractivity contribution is -0.135. The van der Waals surface area contributed by atoms with Crippen LogP contribution in [0, 0.1) is 40.4 Å². The minimum absolute atomic E-state index is 0.0142. The highest BCUT2D eigenvalue weighted by Crippen LogP contribution is 2.64. The van der Waals surface area contributed by atoms with Crippen LogP contribution in [0.25, 0.3) is 0 Å². The number of carbonyl (C=O) groups is 2. The molecular weight excluding hydrogens is 336 g/mol. The van der Waals surface area contributed by atoms with Crippen molar-refractivity contribution in [3.8, 4) is 11.8 Å². The summed E-state index contributed by atoms with van der Waals surface area (Å²) in [6.07, 6.45) is 9.71. The summed E-state index contributed by atoms with van der Waals surface area (Å²) >= 11 is 0. The first-order chi connectivity index (χ1) is 12.9. The van der Waals surface area contributed by atoms with Gasteiger partial charge in [-0.15, -0.1) is 0 Å². The number of rotatable bonds is 2. The van der Waals surface area contributed by atoms with Crippen molar-refractivity contribution in [2.75, 3.05) is 6.61 Å². The molecule has 0 aromatic heterocycles. The molecule has 0 saturated heterocycles. The molecule has 0 heterocycles. The maximum Gasteiger partial charge on any atom is 0.155 e. The van der Waals surface area contributed by atoms with Crippen LogP contribution < -0.4 is 0 Å². The second kappa shape index (κ2) is 6.74. The van der Waals surface area contributed by atoms with Gasteiger partial charge in [-0.1, -0.05) is 32.3 Å². The van der Waals surface area contributed by atoms with Gasteiger partial charge < -0.3 is 4.74 Å². The summed E-state index contributed by atoms with van der Waals surface area (Å²) in [6, 6.07) is 0. The minimum atomic E-state index is -0.142. The van der Waals surface area contributed by atoms with E-state index in [1.165, 1.54) is 5.57 Å². The number of ether oxygens (including phenoxy) is 1. The van der Waals surface area contributed by atoms with Crippen LogP contribution in [0.4, 0.5) is 0 Å². The van der Waals surface area contributed by atoms with Gasteiger partial charge in [0, 0.05) is 18.3 Å². The smallest absolute Gasteiger partial charge is 0.155 e. The van der Waals surface area contributed by atoms with Gasteiger partial charge >= 0.3 is 0 Å². The highest BCUT2D eigenvalue weighted by Gasteiger charge is 2.60. The van der Waals surface area contributed by atoms with Gasteiger partial charge in [0.2, 0.25) is 0 Å². The monoisotopic (exact) mass is 366 g/mol. The Labute approximate surface area is 162 Å². The van der Waals surface area contributed by atoms with Gasteiger partial charge in [0.25, 0.3) is 0 Å². The Balaban J connectivity index is 1.68. The molecule has 3 saturated carbocycles. The maximum absolute atomic E-state index is 12.6. The molecule has 144 valence electrons. The molecule has 0 N–H and O–H groups in total. The number of Topliss-reactive ketones (excluding diaryl/α,β-unsaturated/α-hetero) is 1. The Morgan fingerprint density at radius 2 is 1.96 bits per heavy atom. The first kappa shape index (κ1) is 18.7. The van der Waals surface area contributed by atoms with Crippen LogP contribution in [-0.4, -0.2) is 24.3 Å². The molecule has 0 spiro atoms. The molecule has 0 bridgehead atoms. The molecule has 0 radical (unpaired) electrons. The molecule has 4 aliphatic carbocycles. The number of allylic oxidation sites excluding steroid dienone is 1. The normalized spacial score (nSPS) is 43.0. The van der Waals surface area contributed by atoms with Crippen molar-refractivity contribution < 1.29 is 14.3 Å². The highest BCUT2D eigenvalue weighted by molar-refractivity contribution is 5.92. The van der Waals surface area contributed by atoms with Crippen LogP contribution in [0.15, 0.2) is 24.3 Å². The van der Waals surface area contributed by atoms with E-state index in [0.29, 0.717) is 36.6 Å². The van der Waals surface area contributed by atoms with Crippen molar-refractivity contribution in [1.29, 1.82) is 0 Å². The third-order valence-corrected chi connectivity index (χ3v) is 8.23. The fourth-order valence-electron chi connectivity index (χ4n) is 6.76. The average molecular weight is 367 g/mol. The topological polar surface area (TPSA) is 43.4 Å². The molecular formula is C24H30O3. The highest BCUT2D eigenvalue weighted by atomic mass is 16.5. The fraction of sp³-hybridized carbons (Fsp3) is 0.667. The molecule has 0 aromatic carbocycles. The van der Waals surface area contributed by atoms with E-state index < -0.39 is 0 Å². The van der Waals surface area contributed by atoms with Crippen LogP contribution in [0.5, 0.6) is 0 Å². The minimum Gasteiger partial charge on any atom is -0.361 e. The van der Waals surface area contributed by atoms with Crippen LogP contribution in [0.1, 0.15) is 58.8 Å². The third kappa shape index (κ3) is 2.85. The Kier molecular flexibility index (Phi) is 4.67. The van der Waals surface area contributed by atoms with Crippen molar-refractivity contribution in [2.24, 2.45) is 28.6 Å². The van der Waals surface area contributed by atoms with Crippen molar-refractivity contribution in [3.63, 3.8) is 0 Å². The molecule has 0 aromatic rings.